The molecule has 1 aliphatic heterocycles. The Kier molecular flexibility index (Phi) is 7.94. The molecule has 0 spiro atoms. The first kappa shape index (κ1) is 28.4. The first-order valence-corrected chi connectivity index (χ1v) is 13.5. The normalized spacial score (nSPS) is 15.9. The maximum absolute atomic E-state index is 14.4. The molecular formula is C27H23ClF4N2O4S. The summed E-state index contributed by atoms with van der Waals surface area (Å²) in [7, 11) is -4.50. The maximum atomic E-state index is 14.4. The van der Waals surface area contributed by atoms with Crippen LogP contribution in [-0.4, -0.2) is 33.5 Å². The van der Waals surface area contributed by atoms with E-state index >= 15 is 0 Å². The topological polar surface area (TPSA) is 75.7 Å². The van der Waals surface area contributed by atoms with Gasteiger partial charge in [-0.05, 0) is 60.5 Å². The lowest BCUT2D eigenvalue weighted by atomic mass is 10.0. The van der Waals surface area contributed by atoms with Crippen LogP contribution in [0.3, 0.4) is 0 Å². The number of nitrogens with one attached hydrogen (secondary N) is 1. The molecule has 39 heavy (non-hydrogen) atoms. The molecule has 0 fully saturated rings. The summed E-state index contributed by atoms with van der Waals surface area (Å²) in [6.07, 6.45) is -3.96. The van der Waals surface area contributed by atoms with E-state index in [1.807, 2.05) is 0 Å². The molecule has 1 amide bonds. The summed E-state index contributed by atoms with van der Waals surface area (Å²) >= 11 is 6.17. The monoisotopic (exact) mass is 582 g/mol. The van der Waals surface area contributed by atoms with Crippen molar-refractivity contribution in [2.45, 2.75) is 31.0 Å². The highest BCUT2D eigenvalue weighted by atomic mass is 35.5. The van der Waals surface area contributed by atoms with Gasteiger partial charge in [0.25, 0.3) is 10.0 Å². The summed E-state index contributed by atoms with van der Waals surface area (Å²) in [6.45, 7) is 2.62. The van der Waals surface area contributed by atoms with E-state index in [9.17, 15) is 30.8 Å². The standard InChI is InChI=1S/C27H23ClF4N2O4S/c1-16(26-22(28)7-4-8-23(26)29)11-18-9-10-25-24(12-18)34(15-20(38-25)14-33-17(2)35)39(36,37)21-6-3-5-19(13-21)27(30,31)32/h3-13,20H,14-15H2,1-2H3,(H,33,35). The second-order valence-corrected chi connectivity index (χ2v) is 11.2. The van der Waals surface area contributed by atoms with Crippen molar-refractivity contribution in [3.05, 3.63) is 88.2 Å². The first-order chi connectivity index (χ1) is 18.3. The lowest BCUT2D eigenvalue weighted by molar-refractivity contribution is -0.137. The predicted molar refractivity (Wildman–Crippen MR) is 140 cm³/mol. The molecule has 0 bridgehead atoms. The highest BCUT2D eigenvalue weighted by Crippen LogP contribution is 2.40. The van der Waals surface area contributed by atoms with Crippen LogP contribution < -0.4 is 14.4 Å². The van der Waals surface area contributed by atoms with Gasteiger partial charge in [0, 0.05) is 12.5 Å². The SMILES string of the molecule is CC(=O)NCC1CN(S(=O)(=O)c2cccc(C(F)(F)F)c2)c2cc(C=C(C)c3c(F)cccc3Cl)ccc2O1. The molecule has 3 aromatic rings. The van der Waals surface area contributed by atoms with Gasteiger partial charge in [0.15, 0.2) is 0 Å². The molecule has 1 heterocycles. The van der Waals surface area contributed by atoms with Crippen LogP contribution in [0.4, 0.5) is 23.2 Å². The Morgan fingerprint density at radius 2 is 1.85 bits per heavy atom. The highest BCUT2D eigenvalue weighted by molar-refractivity contribution is 7.92. The molecule has 6 nitrogen and oxygen atoms in total. The number of fused-ring (bicyclic) bond motifs is 1. The second-order valence-electron chi connectivity index (χ2n) is 8.89. The van der Waals surface area contributed by atoms with Crippen LogP contribution in [0.5, 0.6) is 5.75 Å². The summed E-state index contributed by atoms with van der Waals surface area (Å²) in [5, 5.41) is 2.76. The molecule has 206 valence electrons. The van der Waals surface area contributed by atoms with Gasteiger partial charge in [0.1, 0.15) is 17.7 Å². The number of ether oxygens (including phenoxy) is 1. The average Bonchev–Trinajstić information content (AvgIpc) is 2.86. The Morgan fingerprint density at radius 1 is 1.13 bits per heavy atom. The molecule has 0 saturated heterocycles. The molecule has 0 aliphatic carbocycles. The summed E-state index contributed by atoms with van der Waals surface area (Å²) < 4.78 is 88.7. The Hall–Kier alpha value is -3.57. The lowest BCUT2D eigenvalue weighted by Crippen LogP contribution is -2.48. The summed E-state index contributed by atoms with van der Waals surface area (Å²) in [5.41, 5.74) is 0.0786. The first-order valence-electron chi connectivity index (χ1n) is 11.6. The molecule has 0 aromatic heterocycles. The minimum absolute atomic E-state index is 0.0318. The van der Waals surface area contributed by atoms with Crippen LogP contribution in [0.25, 0.3) is 11.6 Å². The number of hydrogen-bond acceptors (Lipinski definition) is 4. The zero-order chi connectivity index (χ0) is 28.5. The zero-order valence-corrected chi connectivity index (χ0v) is 22.3. The van der Waals surface area contributed by atoms with Gasteiger partial charge in [-0.3, -0.25) is 9.10 Å². The third kappa shape index (κ3) is 6.20. The number of hydrogen-bond donors (Lipinski definition) is 1. The Balaban J connectivity index is 1.80. The Labute approximate surface area is 227 Å². The lowest BCUT2D eigenvalue weighted by Gasteiger charge is -2.35. The van der Waals surface area contributed by atoms with Crippen molar-refractivity contribution >= 4 is 44.9 Å². The number of benzene rings is 3. The van der Waals surface area contributed by atoms with Crippen LogP contribution in [-0.2, 0) is 21.0 Å². The van der Waals surface area contributed by atoms with Gasteiger partial charge in [-0.15, -0.1) is 0 Å². The number of carbonyl (C=O) groups excluding carboxylic acids is 1. The fraction of sp³-hybridized carbons (Fsp3) is 0.222. The number of sulfonamides is 1. The van der Waals surface area contributed by atoms with Crippen LogP contribution in [0.15, 0.2) is 65.6 Å². The third-order valence-corrected chi connectivity index (χ3v) is 8.07. The quantitative estimate of drug-likeness (QED) is 0.279. The molecule has 3 aromatic carbocycles. The van der Waals surface area contributed by atoms with Crippen LogP contribution in [0, 0.1) is 5.82 Å². The van der Waals surface area contributed by atoms with E-state index in [0.717, 1.165) is 22.5 Å². The second kappa shape index (κ2) is 10.9. The van der Waals surface area contributed by atoms with Crippen molar-refractivity contribution < 1.29 is 35.5 Å². The van der Waals surface area contributed by atoms with Gasteiger partial charge in [-0.1, -0.05) is 35.9 Å². The van der Waals surface area contributed by atoms with Gasteiger partial charge in [0.2, 0.25) is 5.91 Å². The third-order valence-electron chi connectivity index (χ3n) is 5.98. The number of alkyl halides is 3. The van der Waals surface area contributed by atoms with E-state index in [2.05, 4.69) is 5.32 Å². The summed E-state index contributed by atoms with van der Waals surface area (Å²) in [4.78, 5) is 10.9. The summed E-state index contributed by atoms with van der Waals surface area (Å²) in [6, 6.07) is 12.3. The van der Waals surface area contributed by atoms with Crippen molar-refractivity contribution in [2.24, 2.45) is 0 Å². The van der Waals surface area contributed by atoms with Crippen molar-refractivity contribution in [2.75, 3.05) is 17.4 Å². The van der Waals surface area contributed by atoms with E-state index in [4.69, 9.17) is 16.3 Å². The molecular weight excluding hydrogens is 560 g/mol. The highest BCUT2D eigenvalue weighted by Gasteiger charge is 2.37. The van der Waals surface area contributed by atoms with Gasteiger partial charge in [0.05, 0.1) is 34.3 Å². The van der Waals surface area contributed by atoms with Gasteiger partial charge in [-0.25, -0.2) is 12.8 Å². The van der Waals surface area contributed by atoms with E-state index in [-0.39, 0.29) is 41.0 Å². The number of carbonyl (C=O) groups is 1. The minimum atomic E-state index is -4.74. The minimum Gasteiger partial charge on any atom is -0.484 e. The van der Waals surface area contributed by atoms with Crippen LogP contribution >= 0.6 is 11.6 Å². The molecule has 0 saturated carbocycles. The molecule has 12 heteroatoms. The fourth-order valence-corrected chi connectivity index (χ4v) is 6.02. The Morgan fingerprint density at radius 3 is 2.51 bits per heavy atom. The fourth-order valence-electron chi connectivity index (χ4n) is 4.17. The van der Waals surface area contributed by atoms with E-state index in [0.29, 0.717) is 17.2 Å². The molecule has 1 aliphatic rings. The number of halogens is 5. The largest absolute Gasteiger partial charge is 0.484 e. The molecule has 1 atom stereocenters. The molecule has 1 N–H and O–H groups in total. The molecule has 0 radical (unpaired) electrons. The molecule has 4 rings (SSSR count). The van der Waals surface area contributed by atoms with Crippen molar-refractivity contribution in [1.82, 2.24) is 5.32 Å². The number of rotatable bonds is 6. The van der Waals surface area contributed by atoms with Gasteiger partial charge >= 0.3 is 6.18 Å². The predicted octanol–water partition coefficient (Wildman–Crippen LogP) is 6.15. The van der Waals surface area contributed by atoms with Crippen molar-refractivity contribution in [3.63, 3.8) is 0 Å². The zero-order valence-electron chi connectivity index (χ0n) is 20.7. The Bertz CT molecular complexity index is 1540. The smallest absolute Gasteiger partial charge is 0.416 e. The van der Waals surface area contributed by atoms with E-state index < -0.39 is 38.6 Å². The maximum Gasteiger partial charge on any atom is 0.416 e. The van der Waals surface area contributed by atoms with Crippen molar-refractivity contribution in [1.29, 1.82) is 0 Å². The van der Waals surface area contributed by atoms with Gasteiger partial charge < -0.3 is 10.1 Å². The van der Waals surface area contributed by atoms with Gasteiger partial charge in [-0.2, -0.15) is 13.2 Å². The van der Waals surface area contributed by atoms with E-state index in [1.165, 1.54) is 37.3 Å². The average molecular weight is 583 g/mol. The summed E-state index contributed by atoms with van der Waals surface area (Å²) in [5.74, 6) is -0.752. The number of allylic oxidation sites excluding steroid dienone is 1. The van der Waals surface area contributed by atoms with Crippen LogP contribution in [0.1, 0.15) is 30.5 Å². The number of anilines is 1. The van der Waals surface area contributed by atoms with E-state index in [1.54, 1.807) is 19.1 Å². The number of amides is 1. The number of nitrogens with zero attached hydrogens (tertiary/aromatic N) is 1. The van der Waals surface area contributed by atoms with Crippen LogP contribution in [0.2, 0.25) is 5.02 Å². The molecule has 1 unspecified atom stereocenters. The van der Waals surface area contributed by atoms with Crippen molar-refractivity contribution in [3.8, 4) is 5.75 Å².